The molecule has 160 valence electrons. The zero-order valence-corrected chi connectivity index (χ0v) is 16.4. The SMILES string of the molecule is O=Cc1cn(C2CCN(c3cc(F)c4c(=O)c(C(=O)O)cn(C5CC5)c4n3)CC2)nn1. The Hall–Kier alpha value is -3.63. The van der Waals surface area contributed by atoms with E-state index in [0.29, 0.717) is 38.0 Å². The lowest BCUT2D eigenvalue weighted by Crippen LogP contribution is -2.35. The molecule has 0 atom stereocenters. The van der Waals surface area contributed by atoms with Gasteiger partial charge in [0.1, 0.15) is 33.9 Å². The number of rotatable bonds is 5. The van der Waals surface area contributed by atoms with Crippen molar-refractivity contribution in [2.24, 2.45) is 0 Å². The Kier molecular flexibility index (Phi) is 4.53. The molecule has 0 aromatic carbocycles. The predicted molar refractivity (Wildman–Crippen MR) is 107 cm³/mol. The van der Waals surface area contributed by atoms with E-state index in [2.05, 4.69) is 15.3 Å². The van der Waals surface area contributed by atoms with Crippen LogP contribution < -0.4 is 10.3 Å². The van der Waals surface area contributed by atoms with Crippen LogP contribution in [0.4, 0.5) is 10.2 Å². The smallest absolute Gasteiger partial charge is 0.341 e. The van der Waals surface area contributed by atoms with Gasteiger partial charge in [0.15, 0.2) is 6.29 Å². The van der Waals surface area contributed by atoms with Gasteiger partial charge in [-0.3, -0.25) is 9.59 Å². The Morgan fingerprint density at radius 3 is 2.52 bits per heavy atom. The fourth-order valence-electron chi connectivity index (χ4n) is 4.11. The molecule has 3 aromatic rings. The van der Waals surface area contributed by atoms with Crippen LogP contribution >= 0.6 is 0 Å². The van der Waals surface area contributed by atoms with Crippen LogP contribution in [0.1, 0.15) is 58.6 Å². The van der Waals surface area contributed by atoms with Crippen LogP contribution in [-0.2, 0) is 0 Å². The molecule has 3 aromatic heterocycles. The Balaban J connectivity index is 1.48. The third-order valence-corrected chi connectivity index (χ3v) is 5.91. The molecule has 0 spiro atoms. The molecule has 0 radical (unpaired) electrons. The second-order valence-corrected chi connectivity index (χ2v) is 7.94. The summed E-state index contributed by atoms with van der Waals surface area (Å²) in [6.07, 6.45) is 6.60. The fourth-order valence-corrected chi connectivity index (χ4v) is 4.11. The molecular formula is C20H19FN6O4. The first-order valence-electron chi connectivity index (χ1n) is 10.1. The van der Waals surface area contributed by atoms with Crippen molar-refractivity contribution < 1.29 is 19.1 Å². The maximum Gasteiger partial charge on any atom is 0.341 e. The molecule has 1 aliphatic heterocycles. The summed E-state index contributed by atoms with van der Waals surface area (Å²) >= 11 is 0. The van der Waals surface area contributed by atoms with E-state index in [0.717, 1.165) is 12.8 Å². The van der Waals surface area contributed by atoms with Crippen LogP contribution in [-0.4, -0.2) is 55.0 Å². The molecule has 1 aliphatic carbocycles. The van der Waals surface area contributed by atoms with Crippen LogP contribution in [0, 0.1) is 5.82 Å². The van der Waals surface area contributed by atoms with Crippen molar-refractivity contribution in [3.8, 4) is 0 Å². The second-order valence-electron chi connectivity index (χ2n) is 7.94. The summed E-state index contributed by atoms with van der Waals surface area (Å²) in [5, 5.41) is 16.8. The third-order valence-electron chi connectivity index (χ3n) is 5.91. The first kappa shape index (κ1) is 19.3. The molecule has 4 heterocycles. The maximum absolute atomic E-state index is 15.0. The van der Waals surface area contributed by atoms with Crippen LogP contribution in [0.15, 0.2) is 23.3 Å². The summed E-state index contributed by atoms with van der Waals surface area (Å²) in [7, 11) is 0. The lowest BCUT2D eigenvalue weighted by atomic mass is 10.1. The maximum atomic E-state index is 15.0. The topological polar surface area (TPSA) is 123 Å². The Morgan fingerprint density at radius 2 is 1.90 bits per heavy atom. The highest BCUT2D eigenvalue weighted by Gasteiger charge is 2.30. The van der Waals surface area contributed by atoms with E-state index in [4.69, 9.17) is 0 Å². The van der Waals surface area contributed by atoms with Gasteiger partial charge in [0.25, 0.3) is 0 Å². The predicted octanol–water partition coefficient (Wildman–Crippen LogP) is 1.81. The van der Waals surface area contributed by atoms with Crippen molar-refractivity contribution in [1.29, 1.82) is 0 Å². The minimum atomic E-state index is -1.38. The molecule has 1 N–H and O–H groups in total. The first-order valence-corrected chi connectivity index (χ1v) is 10.1. The van der Waals surface area contributed by atoms with Crippen LogP contribution in [0.5, 0.6) is 0 Å². The van der Waals surface area contributed by atoms with E-state index in [1.165, 1.54) is 12.3 Å². The lowest BCUT2D eigenvalue weighted by Gasteiger charge is -2.32. The Labute approximate surface area is 174 Å². The van der Waals surface area contributed by atoms with E-state index in [9.17, 15) is 19.5 Å². The summed E-state index contributed by atoms with van der Waals surface area (Å²) in [6.45, 7) is 1.17. The van der Waals surface area contributed by atoms with Crippen molar-refractivity contribution in [3.05, 3.63) is 45.8 Å². The minimum Gasteiger partial charge on any atom is -0.477 e. The molecule has 1 saturated carbocycles. The number of hydrogen-bond donors (Lipinski definition) is 1. The van der Waals surface area contributed by atoms with Crippen molar-refractivity contribution in [1.82, 2.24) is 24.5 Å². The minimum absolute atomic E-state index is 0.0217. The molecular weight excluding hydrogens is 407 g/mol. The molecule has 2 fully saturated rings. The van der Waals surface area contributed by atoms with E-state index in [1.54, 1.807) is 15.4 Å². The summed E-state index contributed by atoms with van der Waals surface area (Å²) in [5.74, 6) is -1.73. The summed E-state index contributed by atoms with van der Waals surface area (Å²) in [4.78, 5) is 41.4. The molecule has 0 unspecified atom stereocenters. The Bertz CT molecular complexity index is 1260. The number of carboxylic acid groups (broad SMARTS) is 1. The number of carbonyl (C=O) groups is 2. The molecule has 0 amide bonds. The number of anilines is 1. The number of aldehydes is 1. The van der Waals surface area contributed by atoms with Crippen LogP contribution in [0.25, 0.3) is 11.0 Å². The van der Waals surface area contributed by atoms with Gasteiger partial charge < -0.3 is 14.6 Å². The second kappa shape index (κ2) is 7.25. The molecule has 11 heteroatoms. The number of aromatic nitrogens is 5. The van der Waals surface area contributed by atoms with Gasteiger partial charge in [-0.05, 0) is 25.7 Å². The molecule has 10 nitrogen and oxygen atoms in total. The number of nitrogens with zero attached hydrogens (tertiary/aromatic N) is 6. The zero-order valence-electron chi connectivity index (χ0n) is 16.4. The third kappa shape index (κ3) is 3.35. The zero-order chi connectivity index (χ0) is 21.7. The number of hydrogen-bond acceptors (Lipinski definition) is 7. The monoisotopic (exact) mass is 426 g/mol. The summed E-state index contributed by atoms with van der Waals surface area (Å²) in [6, 6.07) is 1.30. The fraction of sp³-hybridized carbons (Fsp3) is 0.400. The molecule has 0 bridgehead atoms. The van der Waals surface area contributed by atoms with Crippen LogP contribution in [0.3, 0.4) is 0 Å². The largest absolute Gasteiger partial charge is 0.477 e. The standard InChI is InChI=1S/C20H19FN6O4/c21-15-7-16(25-5-3-13(4-6-25)27-8-11(10-28)23-24-27)22-19-17(15)18(29)14(20(30)31)9-26(19)12-1-2-12/h7-10,12-13H,1-6H2,(H,30,31). The number of carbonyl (C=O) groups excluding carboxylic acids is 1. The number of carboxylic acids is 1. The molecule has 1 saturated heterocycles. The molecule has 5 rings (SSSR count). The Morgan fingerprint density at radius 1 is 1.16 bits per heavy atom. The highest BCUT2D eigenvalue weighted by Crippen LogP contribution is 2.37. The van der Waals surface area contributed by atoms with E-state index in [-0.39, 0.29) is 28.8 Å². The van der Waals surface area contributed by atoms with E-state index >= 15 is 4.39 Å². The van der Waals surface area contributed by atoms with E-state index in [1.807, 2.05) is 4.90 Å². The van der Waals surface area contributed by atoms with Crippen LogP contribution in [0.2, 0.25) is 0 Å². The number of piperidine rings is 1. The van der Waals surface area contributed by atoms with E-state index < -0.39 is 22.8 Å². The highest BCUT2D eigenvalue weighted by molar-refractivity contribution is 5.92. The van der Waals surface area contributed by atoms with Gasteiger partial charge >= 0.3 is 5.97 Å². The lowest BCUT2D eigenvalue weighted by molar-refractivity contribution is 0.0694. The van der Waals surface area contributed by atoms with Gasteiger partial charge in [-0.15, -0.1) is 5.10 Å². The number of pyridine rings is 2. The molecule has 2 aliphatic rings. The normalized spacial score (nSPS) is 17.3. The van der Waals surface area contributed by atoms with Crippen molar-refractivity contribution in [2.75, 3.05) is 18.0 Å². The van der Waals surface area contributed by atoms with Crippen molar-refractivity contribution >= 4 is 29.1 Å². The quantitative estimate of drug-likeness (QED) is 0.613. The van der Waals surface area contributed by atoms with Gasteiger partial charge in [-0.1, -0.05) is 5.21 Å². The van der Waals surface area contributed by atoms with Gasteiger partial charge in [-0.2, -0.15) is 0 Å². The average molecular weight is 426 g/mol. The van der Waals surface area contributed by atoms with Gasteiger partial charge in [0, 0.05) is 31.4 Å². The number of fused-ring (bicyclic) bond motifs is 1. The van der Waals surface area contributed by atoms with Crippen molar-refractivity contribution in [3.63, 3.8) is 0 Å². The summed E-state index contributed by atoms with van der Waals surface area (Å²) in [5.41, 5.74) is -0.844. The first-order chi connectivity index (χ1) is 15.0. The van der Waals surface area contributed by atoms with Gasteiger partial charge in [-0.25, -0.2) is 18.9 Å². The van der Waals surface area contributed by atoms with Crippen molar-refractivity contribution in [2.45, 2.75) is 37.8 Å². The average Bonchev–Trinajstić information content (AvgIpc) is 3.49. The molecule has 31 heavy (non-hydrogen) atoms. The number of halogens is 1. The summed E-state index contributed by atoms with van der Waals surface area (Å²) < 4.78 is 18.3. The number of aromatic carboxylic acids is 1. The van der Waals surface area contributed by atoms with Gasteiger partial charge in [0.05, 0.1) is 12.2 Å². The van der Waals surface area contributed by atoms with Gasteiger partial charge in [0.2, 0.25) is 5.43 Å². The highest BCUT2D eigenvalue weighted by atomic mass is 19.1.